The molecular weight excluding hydrogens is 574 g/mol. The summed E-state index contributed by atoms with van der Waals surface area (Å²) in [5, 5.41) is 2.73. The van der Waals surface area contributed by atoms with E-state index in [1.54, 1.807) is 0 Å². The van der Waals surface area contributed by atoms with Gasteiger partial charge in [0.1, 0.15) is 16.6 Å². The van der Waals surface area contributed by atoms with E-state index < -0.39 is 15.9 Å². The van der Waals surface area contributed by atoms with Crippen molar-refractivity contribution < 1.29 is 17.9 Å². The molecule has 0 saturated heterocycles. The van der Waals surface area contributed by atoms with Gasteiger partial charge in [0.15, 0.2) is 10.3 Å². The van der Waals surface area contributed by atoms with E-state index in [2.05, 4.69) is 25.0 Å². The predicted octanol–water partition coefficient (Wildman–Crippen LogP) is 5.64. The molecule has 3 N–H and O–H groups in total. The third-order valence-electron chi connectivity index (χ3n) is 4.77. The highest BCUT2D eigenvalue weighted by atomic mass is 35.5. The molecule has 2 aromatic heterocycles. The molecule has 0 unspecified atom stereocenters. The fourth-order valence-corrected chi connectivity index (χ4v) is 5.02. The van der Waals surface area contributed by atoms with Gasteiger partial charge in [-0.15, -0.1) is 0 Å². The Hall–Kier alpha value is -2.96. The number of imidazole rings is 2. The van der Waals surface area contributed by atoms with Crippen LogP contribution in [0, 0.1) is 0 Å². The molecule has 0 fully saturated rings. The maximum Gasteiger partial charge on any atom is 0.261 e. The lowest BCUT2D eigenvalue weighted by Gasteiger charge is -2.11. The van der Waals surface area contributed by atoms with Gasteiger partial charge in [-0.2, -0.15) is 4.98 Å². The van der Waals surface area contributed by atoms with Crippen LogP contribution in [0.2, 0.25) is 20.5 Å². The lowest BCUT2D eigenvalue weighted by Crippen LogP contribution is -2.13. The fourth-order valence-electron chi connectivity index (χ4n) is 3.17. The Labute approximate surface area is 225 Å². The van der Waals surface area contributed by atoms with Gasteiger partial charge >= 0.3 is 0 Å². The summed E-state index contributed by atoms with van der Waals surface area (Å²) in [6.07, 6.45) is 0. The molecule has 36 heavy (non-hydrogen) atoms. The topological polar surface area (TPSA) is 131 Å². The van der Waals surface area contributed by atoms with Gasteiger partial charge in [-0.25, -0.2) is 18.0 Å². The van der Waals surface area contributed by atoms with Gasteiger partial charge < -0.3 is 9.72 Å². The summed E-state index contributed by atoms with van der Waals surface area (Å²) in [4.78, 5) is 22.9. The monoisotopic (exact) mass is 588 g/mol. The van der Waals surface area contributed by atoms with E-state index in [1.807, 2.05) is 0 Å². The normalized spacial score (nSPS) is 11.4. The number of aromatic nitrogens is 4. The summed E-state index contributed by atoms with van der Waals surface area (Å²) in [5.41, 5.74) is 0.729. The summed E-state index contributed by atoms with van der Waals surface area (Å²) in [5.74, 6) is 0.213. The molecule has 0 aliphatic rings. The Morgan fingerprint density at radius 2 is 1.75 bits per heavy atom. The van der Waals surface area contributed by atoms with E-state index in [1.165, 1.54) is 61.1 Å². The summed E-state index contributed by atoms with van der Waals surface area (Å²) >= 11 is 25.1. The zero-order valence-corrected chi connectivity index (χ0v) is 22.3. The molecule has 0 saturated carbocycles. The zero-order valence-electron chi connectivity index (χ0n) is 18.4. The molecule has 1 amide bonds. The Morgan fingerprint density at radius 1 is 1.06 bits per heavy atom. The second-order valence-electron chi connectivity index (χ2n) is 7.23. The fraction of sp³-hybridized carbons (Fsp3) is 0.0952. The van der Waals surface area contributed by atoms with E-state index in [0.717, 1.165) is 0 Å². The SMILES string of the molecule is COc1ccc(S(=O)(=O)Nc2ccc(Cl)c(-c3nc(-n4c(NC(C)=O)nc(Cl)c4Cl)[nH]c3Cl)c2)cc1. The number of aromatic amines is 1. The van der Waals surface area contributed by atoms with Crippen LogP contribution in [-0.4, -0.2) is 41.0 Å². The number of rotatable bonds is 7. The Morgan fingerprint density at radius 3 is 2.39 bits per heavy atom. The number of benzene rings is 2. The largest absolute Gasteiger partial charge is 0.497 e. The number of nitrogens with one attached hydrogen (secondary N) is 3. The first-order chi connectivity index (χ1) is 17.0. The van der Waals surface area contributed by atoms with Crippen LogP contribution in [0.5, 0.6) is 5.75 Å². The summed E-state index contributed by atoms with van der Waals surface area (Å²) in [7, 11) is -2.43. The van der Waals surface area contributed by atoms with Gasteiger partial charge in [-0.05, 0) is 42.5 Å². The number of hydrogen-bond donors (Lipinski definition) is 3. The number of carbonyl (C=O) groups excluding carboxylic acids is 1. The second-order valence-corrected chi connectivity index (χ2v) is 10.4. The first kappa shape index (κ1) is 26.1. The number of hydrogen-bond acceptors (Lipinski definition) is 6. The first-order valence-electron chi connectivity index (χ1n) is 9.94. The third kappa shape index (κ3) is 5.25. The highest BCUT2D eigenvalue weighted by Gasteiger charge is 2.23. The van der Waals surface area contributed by atoms with Crippen molar-refractivity contribution in [2.24, 2.45) is 0 Å². The molecule has 0 aliphatic carbocycles. The number of amides is 1. The Bertz CT molecular complexity index is 1570. The van der Waals surface area contributed by atoms with Crippen LogP contribution in [0.25, 0.3) is 17.2 Å². The van der Waals surface area contributed by atoms with Crippen LogP contribution < -0.4 is 14.8 Å². The van der Waals surface area contributed by atoms with Crippen molar-refractivity contribution in [3.8, 4) is 23.0 Å². The average molecular weight is 590 g/mol. The number of H-pyrrole nitrogens is 1. The zero-order chi connectivity index (χ0) is 26.2. The third-order valence-corrected chi connectivity index (χ3v) is 7.48. The van der Waals surface area contributed by atoms with E-state index in [9.17, 15) is 13.2 Å². The standard InChI is InChI=1S/C21H16Cl4N6O4S/c1-10(32)26-20-29-18(24)19(25)31(20)21-27-16(17(23)28-21)14-9-11(3-8-15(14)22)30-36(33,34)13-6-4-12(35-2)5-7-13/h3-9,30H,1-2H3,(H,27,28)(H,26,29,32). The smallest absolute Gasteiger partial charge is 0.261 e. The summed E-state index contributed by atoms with van der Waals surface area (Å²) in [6.45, 7) is 1.29. The van der Waals surface area contributed by atoms with Gasteiger partial charge in [0.25, 0.3) is 10.0 Å². The number of carbonyl (C=O) groups is 1. The van der Waals surface area contributed by atoms with Crippen molar-refractivity contribution in [1.82, 2.24) is 19.5 Å². The van der Waals surface area contributed by atoms with E-state index in [0.29, 0.717) is 11.3 Å². The van der Waals surface area contributed by atoms with E-state index in [4.69, 9.17) is 51.1 Å². The molecular formula is C21H16Cl4N6O4S. The van der Waals surface area contributed by atoms with Gasteiger partial charge in [0.2, 0.25) is 17.8 Å². The number of nitrogens with zero attached hydrogens (tertiary/aromatic N) is 3. The van der Waals surface area contributed by atoms with Crippen molar-refractivity contribution in [2.45, 2.75) is 11.8 Å². The lowest BCUT2D eigenvalue weighted by molar-refractivity contribution is -0.114. The molecule has 0 aliphatic heterocycles. The van der Waals surface area contributed by atoms with Gasteiger partial charge in [-0.1, -0.05) is 46.4 Å². The van der Waals surface area contributed by atoms with Crippen LogP contribution in [0.4, 0.5) is 11.6 Å². The van der Waals surface area contributed by atoms with Crippen molar-refractivity contribution in [3.63, 3.8) is 0 Å². The quantitative estimate of drug-likeness (QED) is 0.255. The summed E-state index contributed by atoms with van der Waals surface area (Å²) in [6, 6.07) is 10.4. The maximum absolute atomic E-state index is 12.9. The highest BCUT2D eigenvalue weighted by molar-refractivity contribution is 7.92. The minimum absolute atomic E-state index is 0.0153. The van der Waals surface area contributed by atoms with Crippen molar-refractivity contribution in [3.05, 3.63) is 62.9 Å². The number of sulfonamides is 1. The van der Waals surface area contributed by atoms with Gasteiger partial charge in [0.05, 0.1) is 17.0 Å². The molecule has 10 nitrogen and oxygen atoms in total. The lowest BCUT2D eigenvalue weighted by atomic mass is 10.1. The number of ether oxygens (including phenoxy) is 1. The number of anilines is 2. The second kappa shape index (κ2) is 10.2. The van der Waals surface area contributed by atoms with Crippen LogP contribution in [0.3, 0.4) is 0 Å². The Balaban J connectivity index is 1.71. The molecule has 4 aromatic rings. The van der Waals surface area contributed by atoms with Crippen LogP contribution in [-0.2, 0) is 14.8 Å². The van der Waals surface area contributed by atoms with Crippen molar-refractivity contribution in [1.29, 1.82) is 0 Å². The van der Waals surface area contributed by atoms with Crippen molar-refractivity contribution in [2.75, 3.05) is 17.1 Å². The minimum Gasteiger partial charge on any atom is -0.497 e. The molecule has 2 heterocycles. The highest BCUT2D eigenvalue weighted by Crippen LogP contribution is 2.37. The van der Waals surface area contributed by atoms with E-state index in [-0.39, 0.29) is 48.7 Å². The van der Waals surface area contributed by atoms with Crippen molar-refractivity contribution >= 4 is 74.0 Å². The van der Waals surface area contributed by atoms with E-state index >= 15 is 0 Å². The molecule has 0 radical (unpaired) electrons. The average Bonchev–Trinajstić information content (AvgIpc) is 3.32. The van der Waals surface area contributed by atoms with Gasteiger partial charge in [-0.3, -0.25) is 14.8 Å². The molecule has 0 atom stereocenters. The van der Waals surface area contributed by atoms with Gasteiger partial charge in [0, 0.05) is 18.2 Å². The molecule has 15 heteroatoms. The molecule has 0 bridgehead atoms. The maximum atomic E-state index is 12.9. The minimum atomic E-state index is -3.91. The van der Waals surface area contributed by atoms with Crippen LogP contribution in [0.1, 0.15) is 6.92 Å². The van der Waals surface area contributed by atoms with Crippen LogP contribution in [0.15, 0.2) is 47.4 Å². The number of methoxy groups -OCH3 is 1. The Kier molecular flexibility index (Phi) is 7.39. The first-order valence-corrected chi connectivity index (χ1v) is 12.9. The molecule has 188 valence electrons. The molecule has 0 spiro atoms. The van der Waals surface area contributed by atoms with Crippen LogP contribution >= 0.6 is 46.4 Å². The number of halogens is 4. The predicted molar refractivity (Wildman–Crippen MR) is 139 cm³/mol. The molecule has 4 rings (SSSR count). The molecule has 2 aromatic carbocycles. The summed E-state index contributed by atoms with van der Waals surface area (Å²) < 4.78 is 34.5.